The van der Waals surface area contributed by atoms with Crippen LogP contribution in [0.25, 0.3) is 0 Å². The third-order valence-corrected chi connectivity index (χ3v) is 2.99. The van der Waals surface area contributed by atoms with E-state index in [0.717, 1.165) is 22.8 Å². The van der Waals surface area contributed by atoms with Crippen LogP contribution < -0.4 is 5.32 Å². The Morgan fingerprint density at radius 1 is 1.20 bits per heavy atom. The second-order valence-corrected chi connectivity index (χ2v) is 4.36. The van der Waals surface area contributed by atoms with Crippen LogP contribution in [0.15, 0.2) is 30.6 Å². The number of rotatable bonds is 4. The van der Waals surface area contributed by atoms with Crippen LogP contribution in [0.1, 0.15) is 28.5 Å². The van der Waals surface area contributed by atoms with Crippen LogP contribution in [0.2, 0.25) is 0 Å². The number of carbonyl (C=O) groups is 1. The van der Waals surface area contributed by atoms with Crippen LogP contribution in [0.4, 0.5) is 11.5 Å². The Morgan fingerprint density at radius 2 is 1.90 bits per heavy atom. The first kappa shape index (κ1) is 14.0. The number of benzene rings is 1. The zero-order valence-corrected chi connectivity index (χ0v) is 11.8. The van der Waals surface area contributed by atoms with Crippen molar-refractivity contribution in [1.29, 1.82) is 0 Å². The number of ether oxygens (including phenoxy) is 1. The summed E-state index contributed by atoms with van der Waals surface area (Å²) < 4.78 is 4.94. The van der Waals surface area contributed by atoms with E-state index in [4.69, 9.17) is 4.74 Å². The van der Waals surface area contributed by atoms with E-state index in [1.165, 1.54) is 6.33 Å². The molecule has 0 unspecified atom stereocenters. The zero-order valence-electron chi connectivity index (χ0n) is 11.8. The highest BCUT2D eigenvalue weighted by Gasteiger charge is 2.07. The average molecular weight is 271 g/mol. The minimum atomic E-state index is -0.312. The molecule has 104 valence electrons. The standard InChI is InChI=1S/C15H17N3O2/c1-4-20-15(19)12-5-7-13(8-6-12)18-14-10(2)11(3)16-9-17-14/h5-9H,4H2,1-3H3,(H,16,17,18). The van der Waals surface area contributed by atoms with Crippen LogP contribution in [0, 0.1) is 13.8 Å². The van der Waals surface area contributed by atoms with Gasteiger partial charge in [0.25, 0.3) is 0 Å². The van der Waals surface area contributed by atoms with Gasteiger partial charge < -0.3 is 10.1 Å². The molecule has 5 nitrogen and oxygen atoms in total. The number of aryl methyl sites for hydroxylation is 1. The molecule has 0 atom stereocenters. The fraction of sp³-hybridized carbons (Fsp3) is 0.267. The van der Waals surface area contributed by atoms with Gasteiger partial charge in [0.1, 0.15) is 12.1 Å². The summed E-state index contributed by atoms with van der Waals surface area (Å²) in [4.78, 5) is 19.9. The van der Waals surface area contributed by atoms with E-state index in [1.807, 2.05) is 26.0 Å². The van der Waals surface area contributed by atoms with E-state index in [-0.39, 0.29) is 5.97 Å². The van der Waals surface area contributed by atoms with Crippen LogP contribution in [-0.4, -0.2) is 22.5 Å². The van der Waals surface area contributed by atoms with E-state index in [9.17, 15) is 4.79 Å². The van der Waals surface area contributed by atoms with Crippen LogP contribution >= 0.6 is 0 Å². The van der Waals surface area contributed by atoms with Crippen molar-refractivity contribution < 1.29 is 9.53 Å². The maximum Gasteiger partial charge on any atom is 0.338 e. The molecule has 0 spiro atoms. The van der Waals surface area contributed by atoms with Crippen molar-refractivity contribution in [3.05, 3.63) is 47.4 Å². The summed E-state index contributed by atoms with van der Waals surface area (Å²) in [6.07, 6.45) is 1.53. The number of aromatic nitrogens is 2. The minimum Gasteiger partial charge on any atom is -0.462 e. The Morgan fingerprint density at radius 3 is 2.55 bits per heavy atom. The fourth-order valence-electron chi connectivity index (χ4n) is 1.71. The molecule has 20 heavy (non-hydrogen) atoms. The van der Waals surface area contributed by atoms with E-state index in [2.05, 4.69) is 15.3 Å². The molecule has 1 aromatic carbocycles. The Hall–Kier alpha value is -2.43. The molecular weight excluding hydrogens is 254 g/mol. The number of carbonyl (C=O) groups excluding carboxylic acids is 1. The Bertz CT molecular complexity index is 609. The van der Waals surface area contributed by atoms with Crippen LogP contribution in [0.3, 0.4) is 0 Å². The topological polar surface area (TPSA) is 64.1 Å². The first-order chi connectivity index (χ1) is 9.61. The molecule has 1 aromatic heterocycles. The van der Waals surface area contributed by atoms with Gasteiger partial charge in [-0.2, -0.15) is 0 Å². The molecule has 0 radical (unpaired) electrons. The quantitative estimate of drug-likeness (QED) is 0.866. The fourth-order valence-corrected chi connectivity index (χ4v) is 1.71. The van der Waals surface area contributed by atoms with E-state index >= 15 is 0 Å². The molecule has 0 aliphatic heterocycles. The second-order valence-electron chi connectivity index (χ2n) is 4.36. The summed E-state index contributed by atoms with van der Waals surface area (Å²) in [5, 5.41) is 3.21. The number of nitrogens with zero attached hydrogens (tertiary/aromatic N) is 2. The van der Waals surface area contributed by atoms with Crippen molar-refractivity contribution in [2.24, 2.45) is 0 Å². The molecular formula is C15H17N3O2. The van der Waals surface area contributed by atoms with Crippen molar-refractivity contribution in [1.82, 2.24) is 9.97 Å². The minimum absolute atomic E-state index is 0.312. The predicted molar refractivity (Wildman–Crippen MR) is 77.2 cm³/mol. The van der Waals surface area contributed by atoms with Crippen molar-refractivity contribution in [2.75, 3.05) is 11.9 Å². The molecule has 5 heteroatoms. The Labute approximate surface area is 118 Å². The molecule has 0 bridgehead atoms. The lowest BCUT2D eigenvalue weighted by atomic mass is 10.2. The highest BCUT2D eigenvalue weighted by atomic mass is 16.5. The van der Waals surface area contributed by atoms with Crippen molar-refractivity contribution in [3.8, 4) is 0 Å². The van der Waals surface area contributed by atoms with Crippen molar-refractivity contribution >= 4 is 17.5 Å². The number of hydrogen-bond acceptors (Lipinski definition) is 5. The molecule has 0 saturated carbocycles. The van der Waals surface area contributed by atoms with Gasteiger partial charge in [-0.3, -0.25) is 0 Å². The van der Waals surface area contributed by atoms with Crippen LogP contribution in [0.5, 0.6) is 0 Å². The lowest BCUT2D eigenvalue weighted by Gasteiger charge is -2.10. The van der Waals surface area contributed by atoms with Gasteiger partial charge in [0.15, 0.2) is 0 Å². The summed E-state index contributed by atoms with van der Waals surface area (Å²) in [6.45, 7) is 6.06. The molecule has 0 fully saturated rings. The summed E-state index contributed by atoms with van der Waals surface area (Å²) in [5.41, 5.74) is 3.33. The van der Waals surface area contributed by atoms with E-state index in [0.29, 0.717) is 12.2 Å². The van der Waals surface area contributed by atoms with Crippen molar-refractivity contribution in [2.45, 2.75) is 20.8 Å². The zero-order chi connectivity index (χ0) is 14.5. The highest BCUT2D eigenvalue weighted by Crippen LogP contribution is 2.19. The van der Waals surface area contributed by atoms with Gasteiger partial charge in [-0.25, -0.2) is 14.8 Å². The Balaban J connectivity index is 2.15. The molecule has 0 aliphatic carbocycles. The summed E-state index contributed by atoms with van der Waals surface area (Å²) in [6, 6.07) is 7.10. The van der Waals surface area contributed by atoms with Gasteiger partial charge in [0.05, 0.1) is 12.2 Å². The van der Waals surface area contributed by atoms with Gasteiger partial charge in [0, 0.05) is 16.9 Å². The largest absolute Gasteiger partial charge is 0.462 e. The second kappa shape index (κ2) is 6.14. The number of nitrogens with one attached hydrogen (secondary N) is 1. The molecule has 2 aromatic rings. The van der Waals surface area contributed by atoms with Crippen LogP contribution in [-0.2, 0) is 4.74 Å². The maximum absolute atomic E-state index is 11.5. The van der Waals surface area contributed by atoms with E-state index in [1.54, 1.807) is 19.1 Å². The predicted octanol–water partition coefficient (Wildman–Crippen LogP) is 3.01. The monoisotopic (exact) mass is 271 g/mol. The number of hydrogen-bond donors (Lipinski definition) is 1. The average Bonchev–Trinajstić information content (AvgIpc) is 2.45. The highest BCUT2D eigenvalue weighted by molar-refractivity contribution is 5.89. The molecule has 1 N–H and O–H groups in total. The van der Waals surface area contributed by atoms with Gasteiger partial charge >= 0.3 is 5.97 Å². The van der Waals surface area contributed by atoms with Crippen molar-refractivity contribution in [3.63, 3.8) is 0 Å². The molecule has 0 aliphatic rings. The Kier molecular flexibility index (Phi) is 4.30. The number of anilines is 2. The van der Waals surface area contributed by atoms with Gasteiger partial charge in [0.2, 0.25) is 0 Å². The molecule has 2 rings (SSSR count). The first-order valence-electron chi connectivity index (χ1n) is 6.44. The number of esters is 1. The summed E-state index contributed by atoms with van der Waals surface area (Å²) >= 11 is 0. The third-order valence-electron chi connectivity index (χ3n) is 2.99. The molecule has 1 heterocycles. The normalized spacial score (nSPS) is 10.2. The lowest BCUT2D eigenvalue weighted by molar-refractivity contribution is 0.0526. The smallest absolute Gasteiger partial charge is 0.338 e. The lowest BCUT2D eigenvalue weighted by Crippen LogP contribution is -2.04. The SMILES string of the molecule is CCOC(=O)c1ccc(Nc2ncnc(C)c2C)cc1. The molecule has 0 amide bonds. The van der Waals surface area contributed by atoms with E-state index < -0.39 is 0 Å². The van der Waals surface area contributed by atoms with Gasteiger partial charge in [-0.15, -0.1) is 0 Å². The summed E-state index contributed by atoms with van der Waals surface area (Å²) in [7, 11) is 0. The summed E-state index contributed by atoms with van der Waals surface area (Å²) in [5.74, 6) is 0.453. The van der Waals surface area contributed by atoms with Gasteiger partial charge in [-0.05, 0) is 45.0 Å². The third kappa shape index (κ3) is 3.12. The first-order valence-corrected chi connectivity index (χ1v) is 6.44. The maximum atomic E-state index is 11.5. The molecule has 0 saturated heterocycles. The van der Waals surface area contributed by atoms with Gasteiger partial charge in [-0.1, -0.05) is 0 Å².